The molecule has 1 fully saturated rings. The highest BCUT2D eigenvalue weighted by atomic mass is 32.1. The predicted octanol–water partition coefficient (Wildman–Crippen LogP) is 4.95. The number of hydrogen-bond acceptors (Lipinski definition) is 5. The number of carbonyl (C=O) groups is 2. The van der Waals surface area contributed by atoms with Gasteiger partial charge in [0.05, 0.1) is 18.2 Å². The summed E-state index contributed by atoms with van der Waals surface area (Å²) in [5.41, 5.74) is 1.32. The molecule has 1 atom stereocenters. The van der Waals surface area contributed by atoms with E-state index in [0.29, 0.717) is 24.3 Å². The largest absolute Gasteiger partial charge is 0.507 e. The summed E-state index contributed by atoms with van der Waals surface area (Å²) in [5.74, 6) is -1.38. The van der Waals surface area contributed by atoms with Gasteiger partial charge in [0.2, 0.25) is 0 Å². The van der Waals surface area contributed by atoms with Crippen molar-refractivity contribution in [3.05, 3.63) is 93.4 Å². The molecule has 1 aromatic heterocycles. The first-order chi connectivity index (χ1) is 15.5. The second-order valence-corrected chi connectivity index (χ2v) is 8.32. The summed E-state index contributed by atoms with van der Waals surface area (Å²) >= 11 is 1.41. The summed E-state index contributed by atoms with van der Waals surface area (Å²) in [6.07, 6.45) is 0.453. The maximum Gasteiger partial charge on any atom is 0.295 e. The van der Waals surface area contributed by atoms with Crippen LogP contribution < -0.4 is 4.74 Å². The minimum Gasteiger partial charge on any atom is -0.507 e. The topological polar surface area (TPSA) is 66.8 Å². The van der Waals surface area contributed by atoms with E-state index in [-0.39, 0.29) is 23.7 Å². The summed E-state index contributed by atoms with van der Waals surface area (Å²) < 4.78 is 18.7. The van der Waals surface area contributed by atoms with E-state index in [9.17, 15) is 19.1 Å². The maximum atomic E-state index is 13.2. The molecule has 5 nitrogen and oxygen atoms in total. The minimum absolute atomic E-state index is 0.0604. The van der Waals surface area contributed by atoms with Crippen molar-refractivity contribution in [1.29, 1.82) is 0 Å². The molecule has 7 heteroatoms. The van der Waals surface area contributed by atoms with Gasteiger partial charge in [-0.15, -0.1) is 11.3 Å². The van der Waals surface area contributed by atoms with Crippen LogP contribution in [0.15, 0.2) is 71.6 Å². The van der Waals surface area contributed by atoms with Gasteiger partial charge in [0.15, 0.2) is 0 Å². The van der Waals surface area contributed by atoms with E-state index in [1.165, 1.54) is 28.4 Å². The van der Waals surface area contributed by atoms with E-state index in [1.807, 2.05) is 24.4 Å². The number of aliphatic hydroxyl groups excluding tert-OH is 1. The van der Waals surface area contributed by atoms with Crippen LogP contribution in [-0.4, -0.2) is 34.8 Å². The van der Waals surface area contributed by atoms with E-state index in [2.05, 4.69) is 0 Å². The molecular weight excluding hydrogens is 429 g/mol. The third-order valence-electron chi connectivity index (χ3n) is 5.33. The highest BCUT2D eigenvalue weighted by molar-refractivity contribution is 7.10. The first-order valence-corrected chi connectivity index (χ1v) is 11.2. The average molecular weight is 452 g/mol. The van der Waals surface area contributed by atoms with Gasteiger partial charge in [0.1, 0.15) is 17.3 Å². The van der Waals surface area contributed by atoms with Gasteiger partial charge in [0.25, 0.3) is 11.7 Å². The Hall–Kier alpha value is -3.45. The lowest BCUT2D eigenvalue weighted by molar-refractivity contribution is -0.139. The normalized spacial score (nSPS) is 17.7. The molecule has 1 saturated heterocycles. The van der Waals surface area contributed by atoms with Gasteiger partial charge < -0.3 is 14.7 Å². The minimum atomic E-state index is -0.721. The Morgan fingerprint density at radius 1 is 1.12 bits per heavy atom. The first-order valence-electron chi connectivity index (χ1n) is 10.3. The quantitative estimate of drug-likeness (QED) is 0.314. The first kappa shape index (κ1) is 21.8. The molecule has 164 valence electrons. The lowest BCUT2D eigenvalue weighted by Gasteiger charge is -2.24. The molecular formula is C25H22FNO4S. The van der Waals surface area contributed by atoms with Gasteiger partial charge in [-0.25, -0.2) is 4.39 Å². The molecule has 0 saturated carbocycles. The van der Waals surface area contributed by atoms with Gasteiger partial charge in [-0.2, -0.15) is 0 Å². The van der Waals surface area contributed by atoms with Crippen LogP contribution in [0.3, 0.4) is 0 Å². The van der Waals surface area contributed by atoms with Crippen molar-refractivity contribution in [3.63, 3.8) is 0 Å². The highest BCUT2D eigenvalue weighted by Gasteiger charge is 2.46. The molecule has 0 radical (unpaired) electrons. The Kier molecular flexibility index (Phi) is 6.37. The van der Waals surface area contributed by atoms with E-state index in [0.717, 1.165) is 10.4 Å². The monoisotopic (exact) mass is 451 g/mol. The fraction of sp³-hybridized carbons (Fsp3) is 0.200. The highest BCUT2D eigenvalue weighted by Crippen LogP contribution is 2.41. The van der Waals surface area contributed by atoms with E-state index >= 15 is 0 Å². The van der Waals surface area contributed by atoms with Crippen LogP contribution in [0.4, 0.5) is 4.39 Å². The number of aliphatic hydroxyl groups is 1. The van der Waals surface area contributed by atoms with Crippen LogP contribution in [0.5, 0.6) is 5.75 Å². The zero-order chi connectivity index (χ0) is 22.7. The SMILES string of the molecule is CCOc1cccc(/C(O)=C2/C(=O)C(=O)N(CCc3ccc(F)cc3)C2c2cccs2)c1. The molecule has 0 bridgehead atoms. The number of ketones is 1. The molecule has 1 unspecified atom stereocenters. The zero-order valence-electron chi connectivity index (χ0n) is 17.5. The molecule has 1 aliphatic heterocycles. The number of hydrogen-bond donors (Lipinski definition) is 1. The number of nitrogens with zero attached hydrogens (tertiary/aromatic N) is 1. The van der Waals surface area contributed by atoms with Crippen molar-refractivity contribution in [2.24, 2.45) is 0 Å². The third kappa shape index (κ3) is 4.29. The molecule has 0 spiro atoms. The summed E-state index contributed by atoms with van der Waals surface area (Å²) in [6.45, 7) is 2.58. The predicted molar refractivity (Wildman–Crippen MR) is 121 cm³/mol. The Morgan fingerprint density at radius 2 is 1.91 bits per heavy atom. The van der Waals surface area contributed by atoms with Gasteiger partial charge in [0, 0.05) is 17.0 Å². The summed E-state index contributed by atoms with van der Waals surface area (Å²) in [7, 11) is 0. The Bertz CT molecular complexity index is 1150. The van der Waals surface area contributed by atoms with Crippen molar-refractivity contribution in [2.45, 2.75) is 19.4 Å². The molecule has 1 N–H and O–H groups in total. The molecule has 2 heterocycles. The number of Topliss-reactive ketones (excluding diaryl/α,β-unsaturated/α-hetero) is 1. The lowest BCUT2D eigenvalue weighted by atomic mass is 9.99. The molecule has 4 rings (SSSR count). The summed E-state index contributed by atoms with van der Waals surface area (Å²) in [4.78, 5) is 28.2. The van der Waals surface area contributed by atoms with Crippen molar-refractivity contribution in [3.8, 4) is 5.75 Å². The Labute approximate surface area is 189 Å². The van der Waals surface area contributed by atoms with Gasteiger partial charge >= 0.3 is 0 Å². The number of thiophene rings is 1. The van der Waals surface area contributed by atoms with Crippen LogP contribution in [0.25, 0.3) is 5.76 Å². The molecule has 1 aliphatic rings. The van der Waals surface area contributed by atoms with Crippen LogP contribution in [0, 0.1) is 5.82 Å². The van der Waals surface area contributed by atoms with Crippen LogP contribution in [-0.2, 0) is 16.0 Å². The number of rotatable bonds is 7. The van der Waals surface area contributed by atoms with Gasteiger partial charge in [-0.05, 0) is 54.6 Å². The van der Waals surface area contributed by atoms with Crippen LogP contribution in [0.1, 0.15) is 29.0 Å². The van der Waals surface area contributed by atoms with Gasteiger partial charge in [-0.1, -0.05) is 30.3 Å². The standard InChI is InChI=1S/C25H22FNO4S/c1-2-31-19-6-3-5-17(15-19)23(28)21-22(20-7-4-14-32-20)27(25(30)24(21)29)13-12-16-8-10-18(26)11-9-16/h3-11,14-15,22,28H,2,12-13H2,1H3/b23-21-. The molecule has 0 aliphatic carbocycles. The molecule has 1 amide bonds. The van der Waals surface area contributed by atoms with E-state index in [1.54, 1.807) is 36.4 Å². The summed E-state index contributed by atoms with van der Waals surface area (Å²) in [6, 6.07) is 15.9. The Morgan fingerprint density at radius 3 is 2.59 bits per heavy atom. The average Bonchev–Trinajstić information content (AvgIpc) is 3.41. The molecule has 32 heavy (non-hydrogen) atoms. The fourth-order valence-corrected chi connectivity index (χ4v) is 4.65. The van der Waals surface area contributed by atoms with Crippen LogP contribution >= 0.6 is 11.3 Å². The number of benzene rings is 2. The smallest absolute Gasteiger partial charge is 0.295 e. The number of carbonyl (C=O) groups excluding carboxylic acids is 2. The summed E-state index contributed by atoms with van der Waals surface area (Å²) in [5, 5.41) is 13.0. The zero-order valence-corrected chi connectivity index (χ0v) is 18.3. The van der Waals surface area contributed by atoms with Crippen molar-refractivity contribution >= 4 is 28.8 Å². The number of likely N-dealkylation sites (tertiary alicyclic amines) is 1. The number of ether oxygens (including phenoxy) is 1. The number of amides is 1. The molecule has 3 aromatic rings. The van der Waals surface area contributed by atoms with Crippen molar-refractivity contribution in [1.82, 2.24) is 4.90 Å². The van der Waals surface area contributed by atoms with Crippen LogP contribution in [0.2, 0.25) is 0 Å². The van der Waals surface area contributed by atoms with Crippen molar-refractivity contribution in [2.75, 3.05) is 13.2 Å². The van der Waals surface area contributed by atoms with Gasteiger partial charge in [-0.3, -0.25) is 9.59 Å². The maximum absolute atomic E-state index is 13.2. The lowest BCUT2D eigenvalue weighted by Crippen LogP contribution is -2.31. The Balaban J connectivity index is 1.72. The van der Waals surface area contributed by atoms with E-state index < -0.39 is 17.7 Å². The van der Waals surface area contributed by atoms with Crippen molar-refractivity contribution < 1.29 is 23.8 Å². The molecule has 2 aromatic carbocycles. The third-order valence-corrected chi connectivity index (χ3v) is 6.25. The second kappa shape index (κ2) is 9.36. The fourth-order valence-electron chi connectivity index (χ4n) is 3.81. The second-order valence-electron chi connectivity index (χ2n) is 7.35. The number of halogens is 1. The van der Waals surface area contributed by atoms with E-state index in [4.69, 9.17) is 4.74 Å².